The summed E-state index contributed by atoms with van der Waals surface area (Å²) in [5.74, 6) is 2.11. The number of benzene rings is 1. The van der Waals surface area contributed by atoms with Crippen molar-refractivity contribution < 1.29 is 4.39 Å². The van der Waals surface area contributed by atoms with Crippen molar-refractivity contribution in [3.63, 3.8) is 0 Å². The minimum Gasteiger partial charge on any atom is -0.373 e. The summed E-state index contributed by atoms with van der Waals surface area (Å²) in [4.78, 5) is 10.0. The lowest BCUT2D eigenvalue weighted by atomic mass is 10.2. The number of hydrogen-bond acceptors (Lipinski definition) is 4. The van der Waals surface area contributed by atoms with Gasteiger partial charge in [-0.1, -0.05) is 13.3 Å². The first kappa shape index (κ1) is 14.8. The van der Waals surface area contributed by atoms with Crippen LogP contribution in [0.3, 0.4) is 0 Å². The smallest absolute Gasteiger partial charge is 0.141 e. The molecule has 0 fully saturated rings. The van der Waals surface area contributed by atoms with Gasteiger partial charge < -0.3 is 5.32 Å². The molecular weight excluding hydrogens is 273 g/mol. The zero-order valence-electron chi connectivity index (χ0n) is 11.7. The molecule has 0 aliphatic heterocycles. The van der Waals surface area contributed by atoms with Gasteiger partial charge in [-0.05, 0) is 30.7 Å². The van der Waals surface area contributed by atoms with Gasteiger partial charge in [-0.15, -0.1) is 11.8 Å². The van der Waals surface area contributed by atoms with Gasteiger partial charge in [0.05, 0.1) is 5.75 Å². The number of nitrogens with one attached hydrogen (secondary N) is 1. The second kappa shape index (κ2) is 7.24. The fraction of sp³-hybridized carbons (Fsp3) is 0.333. The Morgan fingerprint density at radius 1 is 1.20 bits per heavy atom. The topological polar surface area (TPSA) is 37.8 Å². The van der Waals surface area contributed by atoms with E-state index in [0.29, 0.717) is 5.75 Å². The third-order valence-corrected chi connectivity index (χ3v) is 3.78. The summed E-state index contributed by atoms with van der Waals surface area (Å²) >= 11 is 1.61. The monoisotopic (exact) mass is 291 g/mol. The molecule has 106 valence electrons. The summed E-state index contributed by atoms with van der Waals surface area (Å²) in [5.41, 5.74) is 1.06. The molecule has 2 rings (SSSR count). The molecule has 0 aliphatic carbocycles. The number of halogens is 1. The third-order valence-electron chi connectivity index (χ3n) is 2.77. The van der Waals surface area contributed by atoms with E-state index < -0.39 is 0 Å². The predicted molar refractivity (Wildman–Crippen MR) is 81.5 cm³/mol. The summed E-state index contributed by atoms with van der Waals surface area (Å²) < 4.78 is 12.8. The maximum Gasteiger partial charge on any atom is 0.141 e. The van der Waals surface area contributed by atoms with E-state index in [1.807, 2.05) is 13.1 Å². The summed E-state index contributed by atoms with van der Waals surface area (Å²) in [7, 11) is 1.86. The van der Waals surface area contributed by atoms with Crippen LogP contribution in [0.5, 0.6) is 0 Å². The SMILES string of the molecule is CCCc1cc(NC)nc(CSc2ccc(F)cc2)n1. The molecular formula is C15H18FN3S. The fourth-order valence-electron chi connectivity index (χ4n) is 1.81. The molecule has 5 heteroatoms. The molecule has 0 spiro atoms. The number of anilines is 1. The van der Waals surface area contributed by atoms with Gasteiger partial charge in [0, 0.05) is 23.7 Å². The van der Waals surface area contributed by atoms with Crippen molar-refractivity contribution in [2.45, 2.75) is 30.4 Å². The zero-order chi connectivity index (χ0) is 14.4. The molecule has 1 heterocycles. The normalized spacial score (nSPS) is 10.6. The molecule has 0 saturated heterocycles. The van der Waals surface area contributed by atoms with Gasteiger partial charge in [0.1, 0.15) is 17.5 Å². The van der Waals surface area contributed by atoms with Crippen molar-refractivity contribution in [2.75, 3.05) is 12.4 Å². The molecule has 0 saturated carbocycles. The van der Waals surface area contributed by atoms with Crippen LogP contribution >= 0.6 is 11.8 Å². The van der Waals surface area contributed by atoms with Gasteiger partial charge in [-0.2, -0.15) is 0 Å². The molecule has 1 aromatic carbocycles. The Morgan fingerprint density at radius 2 is 1.95 bits per heavy atom. The molecule has 2 aromatic rings. The van der Waals surface area contributed by atoms with Crippen LogP contribution in [0.25, 0.3) is 0 Å². The van der Waals surface area contributed by atoms with E-state index in [-0.39, 0.29) is 5.82 Å². The van der Waals surface area contributed by atoms with Gasteiger partial charge in [-0.25, -0.2) is 14.4 Å². The number of nitrogens with zero attached hydrogens (tertiary/aromatic N) is 2. The molecule has 0 unspecified atom stereocenters. The van der Waals surface area contributed by atoms with Gasteiger partial charge in [0.2, 0.25) is 0 Å². The van der Waals surface area contributed by atoms with E-state index in [1.54, 1.807) is 23.9 Å². The Labute approximate surface area is 123 Å². The Hall–Kier alpha value is -1.62. The third kappa shape index (κ3) is 4.20. The van der Waals surface area contributed by atoms with Gasteiger partial charge >= 0.3 is 0 Å². The first-order chi connectivity index (χ1) is 9.71. The van der Waals surface area contributed by atoms with Crippen molar-refractivity contribution in [2.24, 2.45) is 0 Å². The first-order valence-electron chi connectivity index (χ1n) is 6.64. The molecule has 0 atom stereocenters. The number of thioether (sulfide) groups is 1. The quantitative estimate of drug-likeness (QED) is 0.819. The first-order valence-corrected chi connectivity index (χ1v) is 7.62. The minimum atomic E-state index is -0.215. The van der Waals surface area contributed by atoms with E-state index in [1.165, 1.54) is 12.1 Å². The molecule has 3 nitrogen and oxygen atoms in total. The standard InChI is InChI=1S/C15H18FN3S/c1-3-4-12-9-14(17-2)19-15(18-12)10-20-13-7-5-11(16)6-8-13/h5-9H,3-4,10H2,1-2H3,(H,17,18,19). The molecule has 1 aromatic heterocycles. The summed E-state index contributed by atoms with van der Waals surface area (Å²) in [6, 6.07) is 8.46. The van der Waals surface area contributed by atoms with Crippen LogP contribution in [0.1, 0.15) is 24.9 Å². The van der Waals surface area contributed by atoms with Crippen LogP contribution in [-0.4, -0.2) is 17.0 Å². The Balaban J connectivity index is 2.07. The van der Waals surface area contributed by atoms with Crippen molar-refractivity contribution in [1.29, 1.82) is 0 Å². The van der Waals surface area contributed by atoms with Crippen LogP contribution in [0.2, 0.25) is 0 Å². The van der Waals surface area contributed by atoms with Crippen molar-refractivity contribution >= 4 is 17.6 Å². The highest BCUT2D eigenvalue weighted by Gasteiger charge is 2.05. The van der Waals surface area contributed by atoms with Gasteiger partial charge in [-0.3, -0.25) is 0 Å². The molecule has 20 heavy (non-hydrogen) atoms. The largest absolute Gasteiger partial charge is 0.373 e. The fourth-order valence-corrected chi connectivity index (χ4v) is 2.56. The zero-order valence-corrected chi connectivity index (χ0v) is 12.5. The number of aryl methyl sites for hydroxylation is 1. The Bertz CT molecular complexity index is 558. The summed E-state index contributed by atoms with van der Waals surface area (Å²) in [6.07, 6.45) is 2.01. The van der Waals surface area contributed by atoms with Crippen molar-refractivity contribution in [3.05, 3.63) is 47.7 Å². The van der Waals surface area contributed by atoms with E-state index in [4.69, 9.17) is 0 Å². The maximum atomic E-state index is 12.8. The molecule has 0 bridgehead atoms. The average molecular weight is 291 g/mol. The van der Waals surface area contributed by atoms with Gasteiger partial charge in [0.15, 0.2) is 0 Å². The average Bonchev–Trinajstić information content (AvgIpc) is 2.47. The van der Waals surface area contributed by atoms with Crippen LogP contribution < -0.4 is 5.32 Å². The number of aromatic nitrogens is 2. The van der Waals surface area contributed by atoms with Crippen LogP contribution in [0, 0.1) is 5.82 Å². The molecule has 0 aliphatic rings. The van der Waals surface area contributed by atoms with Gasteiger partial charge in [0.25, 0.3) is 0 Å². The number of hydrogen-bond donors (Lipinski definition) is 1. The van der Waals surface area contributed by atoms with Crippen LogP contribution in [0.4, 0.5) is 10.2 Å². The maximum absolute atomic E-state index is 12.8. The van der Waals surface area contributed by atoms with E-state index >= 15 is 0 Å². The van der Waals surface area contributed by atoms with Crippen molar-refractivity contribution in [1.82, 2.24) is 9.97 Å². The summed E-state index contributed by atoms with van der Waals surface area (Å²) in [6.45, 7) is 2.13. The lowest BCUT2D eigenvalue weighted by Gasteiger charge is -2.07. The molecule has 0 amide bonds. The van der Waals surface area contributed by atoms with E-state index in [9.17, 15) is 4.39 Å². The lowest BCUT2D eigenvalue weighted by Crippen LogP contribution is -2.02. The highest BCUT2D eigenvalue weighted by Crippen LogP contribution is 2.22. The Morgan fingerprint density at radius 3 is 2.60 bits per heavy atom. The van der Waals surface area contributed by atoms with Crippen LogP contribution in [0.15, 0.2) is 35.2 Å². The van der Waals surface area contributed by atoms with Crippen LogP contribution in [-0.2, 0) is 12.2 Å². The second-order valence-corrected chi connectivity index (χ2v) is 5.45. The highest BCUT2D eigenvalue weighted by molar-refractivity contribution is 7.98. The number of rotatable bonds is 6. The predicted octanol–water partition coefficient (Wildman–Crippen LogP) is 3.90. The van der Waals surface area contributed by atoms with E-state index in [0.717, 1.165) is 35.1 Å². The summed E-state index contributed by atoms with van der Waals surface area (Å²) in [5, 5.41) is 3.06. The molecule has 1 N–H and O–H groups in total. The highest BCUT2D eigenvalue weighted by atomic mass is 32.2. The minimum absolute atomic E-state index is 0.215. The van der Waals surface area contributed by atoms with E-state index in [2.05, 4.69) is 22.2 Å². The second-order valence-electron chi connectivity index (χ2n) is 4.40. The Kier molecular flexibility index (Phi) is 5.35. The lowest BCUT2D eigenvalue weighted by molar-refractivity contribution is 0.626. The van der Waals surface area contributed by atoms with Crippen molar-refractivity contribution in [3.8, 4) is 0 Å². The molecule has 0 radical (unpaired) electrons.